The number of para-hydroxylation sites is 1. The zero-order chi connectivity index (χ0) is 37.9. The van der Waals surface area contributed by atoms with Crippen LogP contribution in [0.2, 0.25) is 0 Å². The Morgan fingerprint density at radius 3 is 2.12 bits per heavy atom. The lowest BCUT2D eigenvalue weighted by Gasteiger charge is -2.17. The van der Waals surface area contributed by atoms with Gasteiger partial charge in [0.15, 0.2) is 5.82 Å². The Bertz CT molecular complexity index is 1740. The largest absolute Gasteiger partial charge is 0.490 e. The van der Waals surface area contributed by atoms with Gasteiger partial charge in [-0.05, 0) is 18.4 Å². The normalized spacial score (nSPS) is 11.9. The molecule has 0 unspecified atom stereocenters. The molecular weight excluding hydrogens is 681 g/mol. The molecular formula is C27H31F3N10O10. The van der Waals surface area contributed by atoms with Crippen LogP contribution in [-0.2, 0) is 25.7 Å². The number of nitrogens with one attached hydrogen (secondary N) is 4. The highest BCUT2D eigenvalue weighted by Crippen LogP contribution is 2.33. The van der Waals surface area contributed by atoms with Gasteiger partial charge in [0.05, 0.1) is 34.3 Å². The molecule has 20 nitrogen and oxygen atoms in total. The Balaban J connectivity index is 0.00000112. The highest BCUT2D eigenvalue weighted by Gasteiger charge is 2.38. The van der Waals surface area contributed by atoms with E-state index in [-0.39, 0.29) is 47.8 Å². The van der Waals surface area contributed by atoms with Crippen LogP contribution in [0.15, 0.2) is 35.8 Å². The molecule has 0 saturated heterocycles. The quantitative estimate of drug-likeness (QED) is 0.0795. The van der Waals surface area contributed by atoms with Gasteiger partial charge in [-0.25, -0.2) is 19.6 Å². The summed E-state index contributed by atoms with van der Waals surface area (Å²) in [6, 6.07) is 2.27. The highest BCUT2D eigenvalue weighted by molar-refractivity contribution is 5.95. The fourth-order valence-electron chi connectivity index (χ4n) is 3.79. The Labute approximate surface area is 279 Å². The number of alkyl halides is 3. The van der Waals surface area contributed by atoms with E-state index in [9.17, 15) is 52.9 Å². The summed E-state index contributed by atoms with van der Waals surface area (Å²) in [7, 11) is 0. The lowest BCUT2D eigenvalue weighted by Crippen LogP contribution is -2.43. The minimum absolute atomic E-state index is 0.0203. The van der Waals surface area contributed by atoms with Gasteiger partial charge in [-0.2, -0.15) is 18.3 Å². The van der Waals surface area contributed by atoms with Crippen LogP contribution in [0.4, 0.5) is 36.1 Å². The van der Waals surface area contributed by atoms with Gasteiger partial charge in [-0.3, -0.25) is 35.2 Å². The number of hydrogen-bond donors (Lipinski definition) is 6. The number of aromatic nitrogens is 4. The molecule has 23 heteroatoms. The summed E-state index contributed by atoms with van der Waals surface area (Å²) in [6.07, 6.45) is -1.07. The summed E-state index contributed by atoms with van der Waals surface area (Å²) in [6.45, 7) is 6.65. The molecule has 0 fully saturated rings. The van der Waals surface area contributed by atoms with Gasteiger partial charge in [-0.15, -0.1) is 0 Å². The molecule has 3 aromatic rings. The van der Waals surface area contributed by atoms with Crippen molar-refractivity contribution >= 4 is 52.8 Å². The Kier molecular flexibility index (Phi) is 13.6. The number of nitrogens with zero attached hydrogens (tertiary/aromatic N) is 6. The van der Waals surface area contributed by atoms with Crippen molar-refractivity contribution in [3.8, 4) is 11.5 Å². The Morgan fingerprint density at radius 2 is 1.64 bits per heavy atom. The number of nitro benzene ring substituents is 2. The number of H-pyrrole nitrogens is 1. The number of anilines is 2. The first-order valence-electron chi connectivity index (χ1n) is 14.2. The molecule has 2 aromatic heterocycles. The summed E-state index contributed by atoms with van der Waals surface area (Å²) in [5, 5.41) is 48.3. The molecule has 270 valence electrons. The van der Waals surface area contributed by atoms with Crippen molar-refractivity contribution < 1.29 is 52.4 Å². The van der Waals surface area contributed by atoms with Crippen molar-refractivity contribution in [3.63, 3.8) is 0 Å². The number of carbonyl (C=O) groups is 4. The van der Waals surface area contributed by atoms with Gasteiger partial charge in [0.2, 0.25) is 17.5 Å². The van der Waals surface area contributed by atoms with Crippen molar-refractivity contribution in [3.05, 3.63) is 56.6 Å². The van der Waals surface area contributed by atoms with E-state index in [4.69, 9.17) is 9.90 Å². The van der Waals surface area contributed by atoms with Crippen LogP contribution in [0.1, 0.15) is 39.8 Å². The van der Waals surface area contributed by atoms with Gasteiger partial charge >= 0.3 is 29.5 Å². The second-order valence-electron chi connectivity index (χ2n) is 10.8. The van der Waals surface area contributed by atoms with E-state index in [1.807, 2.05) is 13.8 Å². The molecule has 1 atom stereocenters. The van der Waals surface area contributed by atoms with Crippen molar-refractivity contribution in [2.24, 2.45) is 16.9 Å². The van der Waals surface area contributed by atoms with Gasteiger partial charge in [0.25, 0.3) is 0 Å². The zero-order valence-electron chi connectivity index (χ0n) is 26.6. The van der Waals surface area contributed by atoms with Gasteiger partial charge < -0.3 is 30.4 Å². The van der Waals surface area contributed by atoms with Crippen LogP contribution in [0, 0.1) is 32.1 Å². The zero-order valence-corrected chi connectivity index (χ0v) is 26.6. The van der Waals surface area contributed by atoms with E-state index in [1.165, 1.54) is 29.4 Å². The highest BCUT2D eigenvalue weighted by atomic mass is 19.4. The number of carboxylic acids is 2. The Morgan fingerprint density at radius 1 is 1.06 bits per heavy atom. The summed E-state index contributed by atoms with van der Waals surface area (Å²) in [4.78, 5) is 78.2. The van der Waals surface area contributed by atoms with Crippen molar-refractivity contribution in [2.45, 2.75) is 52.9 Å². The number of halogens is 3. The number of amides is 2. The number of rotatable bonds is 14. The molecule has 0 spiro atoms. The van der Waals surface area contributed by atoms with Crippen LogP contribution in [0.5, 0.6) is 0 Å². The van der Waals surface area contributed by atoms with Crippen LogP contribution in [-0.4, -0.2) is 81.8 Å². The fourth-order valence-corrected chi connectivity index (χ4v) is 3.79. The molecule has 0 aliphatic carbocycles. The number of nitro groups is 2. The molecule has 0 radical (unpaired) electrons. The molecule has 3 rings (SSSR count). The third-order valence-corrected chi connectivity index (χ3v) is 6.11. The van der Waals surface area contributed by atoms with Gasteiger partial charge in [0, 0.05) is 18.1 Å². The number of benzene rings is 1. The summed E-state index contributed by atoms with van der Waals surface area (Å²) < 4.78 is 33.1. The minimum atomic E-state index is -5.08. The van der Waals surface area contributed by atoms with Crippen molar-refractivity contribution in [1.29, 1.82) is 0 Å². The number of hydrazone groups is 1. The van der Waals surface area contributed by atoms with Crippen LogP contribution in [0.3, 0.4) is 0 Å². The first kappa shape index (κ1) is 39.8. The first-order chi connectivity index (χ1) is 23.2. The first-order valence-corrected chi connectivity index (χ1v) is 14.2. The molecule has 0 saturated carbocycles. The third-order valence-electron chi connectivity index (χ3n) is 6.11. The third kappa shape index (κ3) is 11.4. The van der Waals surface area contributed by atoms with E-state index in [0.29, 0.717) is 0 Å². The smallest absolute Gasteiger partial charge is 0.480 e. The number of aromatic amines is 1. The summed E-state index contributed by atoms with van der Waals surface area (Å²) >= 11 is 0. The maximum atomic E-state index is 12.7. The van der Waals surface area contributed by atoms with Crippen molar-refractivity contribution in [1.82, 2.24) is 24.8 Å². The lowest BCUT2D eigenvalue weighted by atomic mass is 10.0. The van der Waals surface area contributed by atoms with Crippen molar-refractivity contribution in [2.75, 3.05) is 10.7 Å². The topological polar surface area (TPSA) is 290 Å². The molecule has 2 amide bonds. The minimum Gasteiger partial charge on any atom is -0.480 e. The number of hydrogen-bond acceptors (Lipinski definition) is 12. The monoisotopic (exact) mass is 712 g/mol. The predicted molar refractivity (Wildman–Crippen MR) is 167 cm³/mol. The molecule has 2 heterocycles. The van der Waals surface area contributed by atoms with E-state index >= 15 is 0 Å². The van der Waals surface area contributed by atoms with Gasteiger partial charge in [-0.1, -0.05) is 27.7 Å². The SMILES string of the molecule is CC(C)C[C@H](NC(=O)Cn1cnc(-c2ncc(/C=N/Nc3c([N+](=O)[O-])cccc3[N+](=O)[O-])[nH]2)c1NC(=O)C(C)C)C(=O)O.O=C(O)C(F)(F)F. The predicted octanol–water partition coefficient (Wildman–Crippen LogP) is 3.38. The Hall–Kier alpha value is -6.42. The summed E-state index contributed by atoms with van der Waals surface area (Å²) in [5.41, 5.74) is 1.24. The average Bonchev–Trinajstić information content (AvgIpc) is 3.62. The number of aliphatic carboxylic acids is 2. The second-order valence-corrected chi connectivity index (χ2v) is 10.8. The molecule has 0 aliphatic rings. The average molecular weight is 713 g/mol. The van der Waals surface area contributed by atoms with Crippen LogP contribution in [0.25, 0.3) is 11.5 Å². The van der Waals surface area contributed by atoms with Crippen LogP contribution >= 0.6 is 0 Å². The van der Waals surface area contributed by atoms with E-state index in [2.05, 4.69) is 36.1 Å². The van der Waals surface area contributed by atoms with E-state index in [1.54, 1.807) is 13.8 Å². The maximum absolute atomic E-state index is 12.7. The van der Waals surface area contributed by atoms with Gasteiger partial charge in [0.1, 0.15) is 24.1 Å². The number of carbonyl (C=O) groups excluding carboxylic acids is 2. The molecule has 1 aromatic carbocycles. The maximum Gasteiger partial charge on any atom is 0.490 e. The van der Waals surface area contributed by atoms with E-state index in [0.717, 1.165) is 12.1 Å². The number of carboxylic acid groups (broad SMARTS) is 2. The molecule has 0 bridgehead atoms. The molecule has 6 N–H and O–H groups in total. The molecule has 50 heavy (non-hydrogen) atoms. The fraction of sp³-hybridized carbons (Fsp3) is 0.370. The second kappa shape index (κ2) is 17.1. The lowest BCUT2D eigenvalue weighted by molar-refractivity contribution is -0.392. The summed E-state index contributed by atoms with van der Waals surface area (Å²) in [5.74, 6) is -5.05. The number of imidazole rings is 2. The standard InChI is InChI=1S/C25H30N10O8.C2HF3O2/c1-13(2)8-16(25(38)39)30-19(36)11-33-12-27-21(23(33)31-24(37)14(3)4)22-26-9-15(29-22)10-28-32-20-17(34(40)41)6-5-7-18(20)35(42)43;3-2(4,5)1(6)7/h5-7,9-10,12-14,16,32H,8,11H2,1-4H3,(H,26,29)(H,30,36)(H,31,37)(H,38,39);(H,6,7)/b28-10+;/t16-;/m0./s1. The van der Waals surface area contributed by atoms with Crippen LogP contribution < -0.4 is 16.1 Å². The van der Waals surface area contributed by atoms with E-state index < -0.39 is 62.9 Å². The molecule has 0 aliphatic heterocycles.